The molecule has 1 aliphatic heterocycles. The number of piperidine rings is 1. The summed E-state index contributed by atoms with van der Waals surface area (Å²) in [6.07, 6.45) is 3.33. The van der Waals surface area contributed by atoms with Crippen molar-refractivity contribution in [1.29, 1.82) is 0 Å². The molecule has 2 atom stereocenters. The molecule has 1 aromatic rings. The fraction of sp³-hybridized carbons (Fsp3) is 0.562. The SMILES string of the molecule is C[C@H](NC(=O)C1CC12CCNCC2)c1cccc(Cl)c1. The summed E-state index contributed by atoms with van der Waals surface area (Å²) in [4.78, 5) is 12.4. The van der Waals surface area contributed by atoms with Gasteiger partial charge in [-0.1, -0.05) is 23.7 Å². The Balaban J connectivity index is 1.60. The van der Waals surface area contributed by atoms with Crippen LogP contribution in [0.2, 0.25) is 5.02 Å². The van der Waals surface area contributed by atoms with Crippen molar-refractivity contribution in [1.82, 2.24) is 10.6 Å². The normalized spacial score (nSPS) is 25.2. The van der Waals surface area contributed by atoms with Gasteiger partial charge in [-0.25, -0.2) is 0 Å². The number of amides is 1. The summed E-state index contributed by atoms with van der Waals surface area (Å²) in [7, 11) is 0. The summed E-state index contributed by atoms with van der Waals surface area (Å²) >= 11 is 6.00. The largest absolute Gasteiger partial charge is 0.349 e. The van der Waals surface area contributed by atoms with E-state index in [9.17, 15) is 4.79 Å². The summed E-state index contributed by atoms with van der Waals surface area (Å²) in [6.45, 7) is 4.11. The fourth-order valence-corrected chi connectivity index (χ4v) is 3.57. The number of carbonyl (C=O) groups excluding carboxylic acids is 1. The molecule has 1 saturated heterocycles. The first-order valence-corrected chi connectivity index (χ1v) is 7.75. The Bertz CT molecular complexity index is 511. The average molecular weight is 293 g/mol. The lowest BCUT2D eigenvalue weighted by molar-refractivity contribution is -0.123. The van der Waals surface area contributed by atoms with E-state index >= 15 is 0 Å². The molecule has 2 fully saturated rings. The third-order valence-corrected chi connectivity index (χ3v) is 5.05. The van der Waals surface area contributed by atoms with Gasteiger partial charge in [-0.05, 0) is 62.4 Å². The summed E-state index contributed by atoms with van der Waals surface area (Å²) in [6, 6.07) is 7.71. The maximum Gasteiger partial charge on any atom is 0.224 e. The van der Waals surface area contributed by atoms with Crippen molar-refractivity contribution in [2.24, 2.45) is 11.3 Å². The molecular formula is C16H21ClN2O. The number of benzene rings is 1. The second-order valence-corrected chi connectivity index (χ2v) is 6.59. The molecule has 0 radical (unpaired) electrons. The third kappa shape index (κ3) is 2.70. The highest BCUT2D eigenvalue weighted by Gasteiger charge is 2.57. The van der Waals surface area contributed by atoms with Gasteiger partial charge in [-0.2, -0.15) is 0 Å². The highest BCUT2D eigenvalue weighted by Crippen LogP contribution is 2.58. The molecule has 1 saturated carbocycles. The Labute approximate surface area is 125 Å². The number of hydrogen-bond donors (Lipinski definition) is 2. The van der Waals surface area contributed by atoms with Crippen molar-refractivity contribution in [2.75, 3.05) is 13.1 Å². The van der Waals surface area contributed by atoms with Gasteiger partial charge in [0, 0.05) is 10.9 Å². The smallest absolute Gasteiger partial charge is 0.224 e. The van der Waals surface area contributed by atoms with Crippen LogP contribution in [0.5, 0.6) is 0 Å². The fourth-order valence-electron chi connectivity index (χ4n) is 3.37. The van der Waals surface area contributed by atoms with Crippen LogP contribution in [0, 0.1) is 11.3 Å². The van der Waals surface area contributed by atoms with Crippen LogP contribution in [0.25, 0.3) is 0 Å². The second kappa shape index (κ2) is 5.38. The quantitative estimate of drug-likeness (QED) is 0.899. The number of hydrogen-bond acceptors (Lipinski definition) is 2. The lowest BCUT2D eigenvalue weighted by Crippen LogP contribution is -2.34. The molecule has 1 heterocycles. The average Bonchev–Trinajstić information content (AvgIpc) is 3.13. The van der Waals surface area contributed by atoms with Crippen LogP contribution in [0.4, 0.5) is 0 Å². The molecule has 1 unspecified atom stereocenters. The van der Waals surface area contributed by atoms with E-state index in [0.717, 1.165) is 37.9 Å². The lowest BCUT2D eigenvalue weighted by Gasteiger charge is -2.23. The van der Waals surface area contributed by atoms with E-state index in [1.165, 1.54) is 0 Å². The maximum absolute atomic E-state index is 12.4. The zero-order chi connectivity index (χ0) is 14.2. The lowest BCUT2D eigenvalue weighted by atomic mass is 9.91. The molecule has 1 aliphatic carbocycles. The van der Waals surface area contributed by atoms with E-state index in [1.807, 2.05) is 31.2 Å². The number of halogens is 1. The minimum atomic E-state index is 0.0144. The van der Waals surface area contributed by atoms with Crippen LogP contribution in [0.15, 0.2) is 24.3 Å². The monoisotopic (exact) mass is 292 g/mol. The van der Waals surface area contributed by atoms with E-state index in [1.54, 1.807) is 0 Å². The predicted molar refractivity (Wildman–Crippen MR) is 80.7 cm³/mol. The Kier molecular flexibility index (Phi) is 3.74. The molecule has 0 bridgehead atoms. The first-order valence-electron chi connectivity index (χ1n) is 7.37. The van der Waals surface area contributed by atoms with Crippen molar-refractivity contribution >= 4 is 17.5 Å². The summed E-state index contributed by atoms with van der Waals surface area (Å²) < 4.78 is 0. The second-order valence-electron chi connectivity index (χ2n) is 6.15. The summed E-state index contributed by atoms with van der Waals surface area (Å²) in [5, 5.41) is 7.22. The van der Waals surface area contributed by atoms with Crippen LogP contribution >= 0.6 is 11.6 Å². The van der Waals surface area contributed by atoms with E-state index in [2.05, 4.69) is 10.6 Å². The Morgan fingerprint density at radius 1 is 1.45 bits per heavy atom. The first kappa shape index (κ1) is 13.9. The Hall–Kier alpha value is -1.06. The highest BCUT2D eigenvalue weighted by atomic mass is 35.5. The van der Waals surface area contributed by atoms with Crippen LogP contribution in [0.1, 0.15) is 37.8 Å². The summed E-state index contributed by atoms with van der Waals surface area (Å²) in [5.74, 6) is 0.422. The van der Waals surface area contributed by atoms with Crippen molar-refractivity contribution in [2.45, 2.75) is 32.2 Å². The van der Waals surface area contributed by atoms with Crippen molar-refractivity contribution in [3.63, 3.8) is 0 Å². The molecule has 2 N–H and O–H groups in total. The highest BCUT2D eigenvalue weighted by molar-refractivity contribution is 6.30. The van der Waals surface area contributed by atoms with Crippen LogP contribution in [0.3, 0.4) is 0 Å². The van der Waals surface area contributed by atoms with Gasteiger partial charge in [0.15, 0.2) is 0 Å². The van der Waals surface area contributed by atoms with Gasteiger partial charge < -0.3 is 10.6 Å². The molecule has 108 valence electrons. The van der Waals surface area contributed by atoms with Crippen LogP contribution in [-0.4, -0.2) is 19.0 Å². The molecular weight excluding hydrogens is 272 g/mol. The van der Waals surface area contributed by atoms with E-state index < -0.39 is 0 Å². The van der Waals surface area contributed by atoms with Gasteiger partial charge in [0.1, 0.15) is 0 Å². The third-order valence-electron chi connectivity index (χ3n) is 4.81. The topological polar surface area (TPSA) is 41.1 Å². The minimum absolute atomic E-state index is 0.0144. The Morgan fingerprint density at radius 2 is 2.20 bits per heavy atom. The number of rotatable bonds is 3. The number of carbonyl (C=O) groups is 1. The van der Waals surface area contributed by atoms with Crippen molar-refractivity contribution in [3.05, 3.63) is 34.9 Å². The molecule has 2 aliphatic rings. The predicted octanol–water partition coefficient (Wildman–Crippen LogP) is 2.91. The van der Waals surface area contributed by atoms with Gasteiger partial charge in [0.2, 0.25) is 5.91 Å². The minimum Gasteiger partial charge on any atom is -0.349 e. The first-order chi connectivity index (χ1) is 9.61. The van der Waals surface area contributed by atoms with E-state index in [4.69, 9.17) is 11.6 Å². The molecule has 20 heavy (non-hydrogen) atoms. The zero-order valence-corrected chi connectivity index (χ0v) is 12.5. The molecule has 4 heteroatoms. The Morgan fingerprint density at radius 3 is 2.90 bits per heavy atom. The van der Waals surface area contributed by atoms with Gasteiger partial charge in [0.05, 0.1) is 6.04 Å². The maximum atomic E-state index is 12.4. The van der Waals surface area contributed by atoms with E-state index in [0.29, 0.717) is 10.4 Å². The molecule has 1 aromatic carbocycles. The van der Waals surface area contributed by atoms with Crippen molar-refractivity contribution < 1.29 is 4.79 Å². The number of nitrogens with one attached hydrogen (secondary N) is 2. The van der Waals surface area contributed by atoms with Crippen molar-refractivity contribution in [3.8, 4) is 0 Å². The molecule has 0 aromatic heterocycles. The zero-order valence-electron chi connectivity index (χ0n) is 11.8. The van der Waals surface area contributed by atoms with Gasteiger partial charge >= 0.3 is 0 Å². The standard InChI is InChI=1S/C16H21ClN2O/c1-11(12-3-2-4-13(17)9-12)19-15(20)14-10-16(14)5-7-18-8-6-16/h2-4,9,11,14,18H,5-8,10H2,1H3,(H,19,20)/t11-,14?/m0/s1. The molecule has 1 amide bonds. The van der Waals surface area contributed by atoms with E-state index in [-0.39, 0.29) is 17.9 Å². The molecule has 3 rings (SSSR count). The van der Waals surface area contributed by atoms with Crippen LogP contribution < -0.4 is 10.6 Å². The molecule has 1 spiro atoms. The summed E-state index contributed by atoms with van der Waals surface area (Å²) in [5.41, 5.74) is 1.36. The van der Waals surface area contributed by atoms with Gasteiger partial charge in [0.25, 0.3) is 0 Å². The van der Waals surface area contributed by atoms with Gasteiger partial charge in [-0.15, -0.1) is 0 Å². The van der Waals surface area contributed by atoms with Gasteiger partial charge in [-0.3, -0.25) is 4.79 Å². The molecule has 3 nitrogen and oxygen atoms in total. The van der Waals surface area contributed by atoms with Crippen LogP contribution in [-0.2, 0) is 4.79 Å².